The number of anilines is 2. The van der Waals surface area contributed by atoms with E-state index in [2.05, 4.69) is 41.0 Å². The fourth-order valence-corrected chi connectivity index (χ4v) is 1.68. The summed E-state index contributed by atoms with van der Waals surface area (Å²) in [5.41, 5.74) is 1.94. The Bertz CT molecular complexity index is 821. The highest BCUT2D eigenvalue weighted by Gasteiger charge is 2.18. The van der Waals surface area contributed by atoms with Gasteiger partial charge >= 0.3 is 11.9 Å². The van der Waals surface area contributed by atoms with Gasteiger partial charge in [-0.1, -0.05) is 0 Å². The molecule has 0 amide bonds. The van der Waals surface area contributed by atoms with Crippen molar-refractivity contribution < 1.29 is 33.6 Å². The van der Waals surface area contributed by atoms with Gasteiger partial charge in [0, 0.05) is 5.69 Å². The Balaban J connectivity index is 0.000000399. The Kier molecular flexibility index (Phi) is 5.35. The van der Waals surface area contributed by atoms with Crippen LogP contribution in [0.3, 0.4) is 0 Å². The van der Waals surface area contributed by atoms with Crippen LogP contribution in [-0.4, -0.2) is 40.4 Å². The van der Waals surface area contributed by atoms with E-state index in [0.29, 0.717) is 11.9 Å². The van der Waals surface area contributed by atoms with Crippen molar-refractivity contribution >= 4 is 11.9 Å². The molecule has 0 fully saturated rings. The summed E-state index contributed by atoms with van der Waals surface area (Å²) >= 11 is 0. The molecule has 15 nitrogen and oxygen atoms in total. The van der Waals surface area contributed by atoms with Crippen LogP contribution in [0.4, 0.5) is 11.9 Å². The first-order chi connectivity index (χ1) is 11.6. The third-order valence-corrected chi connectivity index (χ3v) is 2.53. The molecular formula is C9H12ClN11O4. The van der Waals surface area contributed by atoms with Crippen molar-refractivity contribution in [3.8, 4) is 5.95 Å². The number of nitrogens with zero attached hydrogens (tertiary/aromatic N) is 8. The minimum Gasteiger partial charge on any atom is -0.335 e. The maximum absolute atomic E-state index is 8.49. The number of H-pyrrole nitrogens is 1. The second-order valence-corrected chi connectivity index (χ2v) is 5.26. The summed E-state index contributed by atoms with van der Waals surface area (Å²) in [6.07, 6.45) is 1.35. The van der Waals surface area contributed by atoms with E-state index in [0.717, 1.165) is 11.4 Å². The minimum absolute atomic E-state index is 0.176. The molecule has 25 heavy (non-hydrogen) atoms. The molecule has 0 saturated carbocycles. The van der Waals surface area contributed by atoms with Crippen molar-refractivity contribution in [1.82, 2.24) is 40.4 Å². The fraction of sp³-hybridized carbons (Fsp3) is 0.222. The van der Waals surface area contributed by atoms with Gasteiger partial charge in [0.1, 0.15) is 12.0 Å². The van der Waals surface area contributed by atoms with E-state index in [9.17, 15) is 0 Å². The molecule has 3 aromatic rings. The molecule has 4 N–H and O–H groups in total. The fourth-order valence-electron chi connectivity index (χ4n) is 1.68. The first-order valence-corrected chi connectivity index (χ1v) is 7.57. The van der Waals surface area contributed by atoms with Gasteiger partial charge in [-0.2, -0.15) is 0 Å². The SMILES string of the molecule is Cc1cc(C)[n+](-c2nnc(Nc3nncn3N)nn2)[nH]1.[O-][Cl+3]([O-])([O-])[O-]. The predicted octanol–water partition coefficient (Wildman–Crippen LogP) is -6.22. The van der Waals surface area contributed by atoms with Gasteiger partial charge in [0.05, 0.1) is 10.2 Å². The zero-order valence-corrected chi connectivity index (χ0v) is 13.6. The van der Waals surface area contributed by atoms with Crippen LogP contribution in [-0.2, 0) is 0 Å². The molecule has 3 aromatic heterocycles. The van der Waals surface area contributed by atoms with Crippen LogP contribution in [0, 0.1) is 24.1 Å². The third kappa shape index (κ3) is 5.55. The van der Waals surface area contributed by atoms with Gasteiger partial charge in [-0.3, -0.25) is 5.32 Å². The second kappa shape index (κ2) is 7.28. The lowest BCUT2D eigenvalue weighted by molar-refractivity contribution is -2.00. The maximum Gasteiger partial charge on any atom is 0.500 e. The van der Waals surface area contributed by atoms with Gasteiger partial charge in [0.25, 0.3) is 0 Å². The van der Waals surface area contributed by atoms with Gasteiger partial charge in [-0.05, 0) is 30.1 Å². The summed E-state index contributed by atoms with van der Waals surface area (Å²) < 4.78 is 36.9. The standard InChI is InChI=1S/C9H11N11.ClHO4/c1-5-3-6(2)20(18-5)9-16-13-7(14-17-9)12-8-15-11-4-19(8)10;2-1(3,4)5/h3-4H,10H2,1-2H3,(H,12,13,14,15);(H,2,3,4,5). The Labute approximate surface area is 141 Å². The highest BCUT2D eigenvalue weighted by atomic mass is 35.7. The zero-order valence-electron chi connectivity index (χ0n) is 12.8. The highest BCUT2D eigenvalue weighted by Crippen LogP contribution is 2.04. The summed E-state index contributed by atoms with van der Waals surface area (Å²) in [5.74, 6) is 6.37. The Morgan fingerprint density at radius 2 is 1.72 bits per heavy atom. The van der Waals surface area contributed by atoms with Crippen molar-refractivity contribution in [2.24, 2.45) is 0 Å². The Morgan fingerprint density at radius 3 is 2.16 bits per heavy atom. The Hall–Kier alpha value is -2.98. The van der Waals surface area contributed by atoms with Crippen molar-refractivity contribution in [3.63, 3.8) is 0 Å². The molecule has 0 saturated heterocycles. The van der Waals surface area contributed by atoms with Crippen LogP contribution in [0.2, 0.25) is 0 Å². The van der Waals surface area contributed by atoms with Crippen molar-refractivity contribution in [2.45, 2.75) is 13.8 Å². The van der Waals surface area contributed by atoms with Gasteiger partial charge in [0.15, 0.2) is 0 Å². The Morgan fingerprint density at radius 1 is 1.12 bits per heavy atom. The van der Waals surface area contributed by atoms with E-state index in [-0.39, 0.29) is 5.95 Å². The average Bonchev–Trinajstić information content (AvgIpc) is 3.04. The van der Waals surface area contributed by atoms with E-state index in [1.165, 1.54) is 11.0 Å². The van der Waals surface area contributed by atoms with Crippen molar-refractivity contribution in [3.05, 3.63) is 23.8 Å². The molecule has 134 valence electrons. The van der Waals surface area contributed by atoms with E-state index in [4.69, 9.17) is 24.5 Å². The van der Waals surface area contributed by atoms with Crippen LogP contribution >= 0.6 is 0 Å². The van der Waals surface area contributed by atoms with Gasteiger partial charge in [-0.25, -0.2) is 28.4 Å². The van der Waals surface area contributed by atoms with E-state index in [1.54, 1.807) is 4.68 Å². The van der Waals surface area contributed by atoms with Crippen LogP contribution in [0.15, 0.2) is 12.4 Å². The largest absolute Gasteiger partial charge is 0.500 e. The number of aryl methyl sites for hydroxylation is 2. The topological polar surface area (TPSA) is 232 Å². The normalized spacial score (nSPS) is 11.0. The van der Waals surface area contributed by atoms with Crippen LogP contribution in [0.5, 0.6) is 0 Å². The molecular weight excluding hydrogens is 362 g/mol. The number of aromatic nitrogens is 9. The average molecular weight is 374 g/mol. The lowest BCUT2D eigenvalue weighted by atomic mass is 10.4. The molecule has 0 aliphatic heterocycles. The zero-order chi connectivity index (χ0) is 18.6. The molecule has 0 aliphatic rings. The third-order valence-electron chi connectivity index (χ3n) is 2.53. The summed E-state index contributed by atoms with van der Waals surface area (Å²) in [6.45, 7) is 3.87. The van der Waals surface area contributed by atoms with Gasteiger partial charge in [0.2, 0.25) is 5.95 Å². The van der Waals surface area contributed by atoms with Gasteiger partial charge in [-0.15, -0.1) is 25.1 Å². The molecule has 0 unspecified atom stereocenters. The van der Waals surface area contributed by atoms with Crippen molar-refractivity contribution in [2.75, 3.05) is 11.2 Å². The first-order valence-electron chi connectivity index (χ1n) is 6.33. The number of aromatic amines is 1. The number of hydrogen-bond acceptors (Lipinski definition) is 12. The summed E-state index contributed by atoms with van der Waals surface area (Å²) in [7, 11) is -4.94. The lowest BCUT2D eigenvalue weighted by Gasteiger charge is -2.17. The number of nitrogen functional groups attached to an aromatic ring is 1. The van der Waals surface area contributed by atoms with E-state index < -0.39 is 10.2 Å². The summed E-state index contributed by atoms with van der Waals surface area (Å²) in [4.78, 5) is 0. The molecule has 3 heterocycles. The second-order valence-electron chi connectivity index (χ2n) is 4.50. The lowest BCUT2D eigenvalue weighted by Crippen LogP contribution is -2.68. The van der Waals surface area contributed by atoms with Crippen molar-refractivity contribution in [1.29, 1.82) is 0 Å². The van der Waals surface area contributed by atoms with E-state index in [1.807, 2.05) is 19.9 Å². The molecule has 0 aliphatic carbocycles. The minimum atomic E-state index is -4.94. The molecule has 3 rings (SSSR count). The molecule has 0 atom stereocenters. The smallest absolute Gasteiger partial charge is 0.335 e. The highest BCUT2D eigenvalue weighted by molar-refractivity contribution is 5.40. The number of nitrogens with two attached hydrogens (primary N) is 1. The molecule has 0 radical (unpaired) electrons. The first kappa shape index (κ1) is 18.4. The number of rotatable bonds is 3. The summed E-state index contributed by atoms with van der Waals surface area (Å²) in [5, 5.41) is 29.0. The molecule has 16 heteroatoms. The van der Waals surface area contributed by atoms with E-state index >= 15 is 0 Å². The predicted molar refractivity (Wildman–Crippen MR) is 66.4 cm³/mol. The molecule has 0 spiro atoms. The molecule has 0 bridgehead atoms. The number of hydrogen-bond donors (Lipinski definition) is 3. The monoisotopic (exact) mass is 373 g/mol. The van der Waals surface area contributed by atoms with Gasteiger partial charge < -0.3 is 5.84 Å². The van der Waals surface area contributed by atoms with Crippen LogP contribution in [0.25, 0.3) is 5.95 Å². The quantitative estimate of drug-likeness (QED) is 0.287. The number of halogens is 1. The van der Waals surface area contributed by atoms with Crippen LogP contribution in [0.1, 0.15) is 11.4 Å². The maximum atomic E-state index is 8.49. The summed E-state index contributed by atoms with van der Waals surface area (Å²) in [6, 6.07) is 1.96. The number of nitrogens with one attached hydrogen (secondary N) is 2. The molecule has 0 aromatic carbocycles. The van der Waals surface area contributed by atoms with Crippen LogP contribution < -0.4 is 34.5 Å².